The van der Waals surface area contributed by atoms with Gasteiger partial charge in [-0.25, -0.2) is 0 Å². The van der Waals surface area contributed by atoms with Gasteiger partial charge in [-0.15, -0.1) is 11.6 Å². The lowest BCUT2D eigenvalue weighted by Crippen LogP contribution is -2.37. The molecule has 1 heterocycles. The molecule has 1 aliphatic heterocycles. The Labute approximate surface area is 84.0 Å². The van der Waals surface area contributed by atoms with Crippen molar-refractivity contribution in [1.29, 1.82) is 0 Å². The van der Waals surface area contributed by atoms with E-state index < -0.39 is 0 Å². The van der Waals surface area contributed by atoms with Crippen LogP contribution in [0.1, 0.15) is 19.8 Å². The Kier molecular flexibility index (Phi) is 4.53. The van der Waals surface area contributed by atoms with Gasteiger partial charge in [-0.3, -0.25) is 4.79 Å². The van der Waals surface area contributed by atoms with Crippen LogP contribution in [0.5, 0.6) is 0 Å². The van der Waals surface area contributed by atoms with E-state index in [0.717, 1.165) is 19.4 Å². The van der Waals surface area contributed by atoms with Gasteiger partial charge in [0.25, 0.3) is 0 Å². The number of hydrogen-bond acceptors (Lipinski definition) is 2. The van der Waals surface area contributed by atoms with Crippen LogP contribution in [0.25, 0.3) is 0 Å². The van der Waals surface area contributed by atoms with E-state index in [2.05, 4.69) is 0 Å². The molecule has 1 fully saturated rings. The van der Waals surface area contributed by atoms with E-state index in [9.17, 15) is 4.79 Å². The molecule has 0 N–H and O–H groups in total. The maximum Gasteiger partial charge on any atom is 0.237 e. The molecule has 1 aliphatic rings. The zero-order valence-corrected chi connectivity index (χ0v) is 8.72. The van der Waals surface area contributed by atoms with Crippen LogP contribution >= 0.6 is 11.6 Å². The molecule has 4 heteroatoms. The van der Waals surface area contributed by atoms with Crippen LogP contribution in [0.4, 0.5) is 0 Å². The summed E-state index contributed by atoms with van der Waals surface area (Å²) in [4.78, 5) is 13.0. The monoisotopic (exact) mass is 205 g/mol. The van der Waals surface area contributed by atoms with Crippen molar-refractivity contribution in [2.75, 3.05) is 25.6 Å². The smallest absolute Gasteiger partial charge is 0.237 e. The first-order chi connectivity index (χ1) is 6.27. The molecule has 0 aliphatic carbocycles. The van der Waals surface area contributed by atoms with Gasteiger partial charge in [0.2, 0.25) is 5.91 Å². The van der Waals surface area contributed by atoms with Gasteiger partial charge in [-0.2, -0.15) is 0 Å². The molecule has 0 aromatic carbocycles. The molecule has 1 rings (SSSR count). The van der Waals surface area contributed by atoms with Crippen molar-refractivity contribution < 1.29 is 9.53 Å². The Morgan fingerprint density at radius 3 is 2.92 bits per heavy atom. The Morgan fingerprint density at radius 1 is 1.69 bits per heavy atom. The molecule has 13 heavy (non-hydrogen) atoms. The molecule has 0 bridgehead atoms. The van der Waals surface area contributed by atoms with Crippen molar-refractivity contribution in [1.82, 2.24) is 4.90 Å². The van der Waals surface area contributed by atoms with Gasteiger partial charge in [0.15, 0.2) is 0 Å². The van der Waals surface area contributed by atoms with E-state index >= 15 is 0 Å². The van der Waals surface area contributed by atoms with Gasteiger partial charge in [-0.05, 0) is 19.8 Å². The van der Waals surface area contributed by atoms with Crippen molar-refractivity contribution in [3.63, 3.8) is 0 Å². The Morgan fingerprint density at radius 2 is 2.46 bits per heavy atom. The number of nitrogens with zero attached hydrogens (tertiary/aromatic N) is 1. The summed E-state index contributed by atoms with van der Waals surface area (Å²) in [6, 6.07) is 0. The standard InChI is InChI=1S/C9H16ClNO2/c1-2-11(9(12)6-10)7-8-4-3-5-13-8/h8H,2-7H2,1H3. The zero-order chi connectivity index (χ0) is 9.68. The highest BCUT2D eigenvalue weighted by molar-refractivity contribution is 6.27. The maximum atomic E-state index is 11.3. The molecule has 0 spiro atoms. The number of ether oxygens (including phenoxy) is 1. The summed E-state index contributed by atoms with van der Waals surface area (Å²) in [6.07, 6.45) is 2.40. The minimum absolute atomic E-state index is 0.000309. The molecule has 0 aromatic heterocycles. The molecule has 0 aromatic rings. The second-order valence-electron chi connectivity index (χ2n) is 3.20. The third-order valence-electron chi connectivity index (χ3n) is 2.30. The fourth-order valence-corrected chi connectivity index (χ4v) is 1.69. The molecule has 1 atom stereocenters. The van der Waals surface area contributed by atoms with Crippen molar-refractivity contribution in [2.45, 2.75) is 25.9 Å². The summed E-state index contributed by atoms with van der Waals surface area (Å²) in [5, 5.41) is 0. The van der Waals surface area contributed by atoms with Gasteiger partial charge in [-0.1, -0.05) is 0 Å². The lowest BCUT2D eigenvalue weighted by Gasteiger charge is -2.22. The molecule has 0 radical (unpaired) electrons. The number of halogens is 1. The second-order valence-corrected chi connectivity index (χ2v) is 3.47. The van der Waals surface area contributed by atoms with Crippen LogP contribution in [0.15, 0.2) is 0 Å². The normalized spacial score (nSPS) is 21.8. The average molecular weight is 206 g/mol. The van der Waals surface area contributed by atoms with Gasteiger partial charge < -0.3 is 9.64 Å². The zero-order valence-electron chi connectivity index (χ0n) is 7.96. The minimum Gasteiger partial charge on any atom is -0.376 e. The van der Waals surface area contributed by atoms with E-state index in [-0.39, 0.29) is 17.9 Å². The lowest BCUT2D eigenvalue weighted by atomic mass is 10.2. The number of amides is 1. The van der Waals surface area contributed by atoms with E-state index in [1.165, 1.54) is 0 Å². The van der Waals surface area contributed by atoms with Crippen LogP contribution in [-0.2, 0) is 9.53 Å². The van der Waals surface area contributed by atoms with Crippen LogP contribution in [0.2, 0.25) is 0 Å². The van der Waals surface area contributed by atoms with Gasteiger partial charge in [0, 0.05) is 19.7 Å². The van der Waals surface area contributed by atoms with E-state index in [4.69, 9.17) is 16.3 Å². The number of carbonyl (C=O) groups excluding carboxylic acids is 1. The third kappa shape index (κ3) is 3.16. The summed E-state index contributed by atoms with van der Waals surface area (Å²) >= 11 is 5.48. The summed E-state index contributed by atoms with van der Waals surface area (Å²) in [5.41, 5.74) is 0. The maximum absolute atomic E-state index is 11.3. The summed E-state index contributed by atoms with van der Waals surface area (Å²) in [7, 11) is 0. The summed E-state index contributed by atoms with van der Waals surface area (Å²) in [5.74, 6) is 0.0697. The van der Waals surface area contributed by atoms with Crippen molar-refractivity contribution in [2.24, 2.45) is 0 Å². The van der Waals surface area contributed by atoms with Crippen LogP contribution < -0.4 is 0 Å². The van der Waals surface area contributed by atoms with Crippen LogP contribution in [0, 0.1) is 0 Å². The molecular weight excluding hydrogens is 190 g/mol. The van der Waals surface area contributed by atoms with Crippen LogP contribution in [0.3, 0.4) is 0 Å². The predicted molar refractivity (Wildman–Crippen MR) is 51.9 cm³/mol. The first-order valence-electron chi connectivity index (χ1n) is 4.73. The number of carbonyl (C=O) groups is 1. The molecular formula is C9H16ClNO2. The van der Waals surface area contributed by atoms with E-state index in [1.54, 1.807) is 4.90 Å². The Balaban J connectivity index is 2.33. The Hall–Kier alpha value is -0.280. The number of likely N-dealkylation sites (N-methyl/N-ethyl adjacent to an activating group) is 1. The number of alkyl halides is 1. The van der Waals surface area contributed by atoms with Gasteiger partial charge in [0.1, 0.15) is 5.88 Å². The highest BCUT2D eigenvalue weighted by atomic mass is 35.5. The second kappa shape index (κ2) is 5.45. The van der Waals surface area contributed by atoms with E-state index in [0.29, 0.717) is 13.1 Å². The minimum atomic E-state index is -0.000309. The first kappa shape index (κ1) is 10.8. The van der Waals surface area contributed by atoms with Crippen molar-refractivity contribution >= 4 is 17.5 Å². The van der Waals surface area contributed by atoms with Gasteiger partial charge in [0.05, 0.1) is 6.10 Å². The van der Waals surface area contributed by atoms with Crippen molar-refractivity contribution in [3.05, 3.63) is 0 Å². The predicted octanol–water partition coefficient (Wildman–Crippen LogP) is 1.25. The fraction of sp³-hybridized carbons (Fsp3) is 0.889. The average Bonchev–Trinajstić information content (AvgIpc) is 2.65. The molecule has 76 valence electrons. The number of hydrogen-bond donors (Lipinski definition) is 0. The summed E-state index contributed by atoms with van der Waals surface area (Å²) in [6.45, 7) is 4.20. The molecule has 0 saturated carbocycles. The lowest BCUT2D eigenvalue weighted by molar-refractivity contribution is -0.129. The topological polar surface area (TPSA) is 29.5 Å². The molecule has 1 amide bonds. The highest BCUT2D eigenvalue weighted by Gasteiger charge is 2.20. The first-order valence-corrected chi connectivity index (χ1v) is 5.26. The SMILES string of the molecule is CCN(CC1CCCO1)C(=O)CCl. The number of rotatable bonds is 4. The largest absolute Gasteiger partial charge is 0.376 e. The van der Waals surface area contributed by atoms with Crippen LogP contribution in [-0.4, -0.2) is 42.5 Å². The van der Waals surface area contributed by atoms with Crippen molar-refractivity contribution in [3.8, 4) is 0 Å². The third-order valence-corrected chi connectivity index (χ3v) is 2.53. The molecule has 3 nitrogen and oxygen atoms in total. The molecule has 1 unspecified atom stereocenters. The fourth-order valence-electron chi connectivity index (χ4n) is 1.53. The van der Waals surface area contributed by atoms with Gasteiger partial charge >= 0.3 is 0 Å². The highest BCUT2D eigenvalue weighted by Crippen LogP contribution is 2.13. The quantitative estimate of drug-likeness (QED) is 0.647. The molecule has 1 saturated heterocycles. The summed E-state index contributed by atoms with van der Waals surface area (Å²) < 4.78 is 5.44. The Bertz CT molecular complexity index is 169. The van der Waals surface area contributed by atoms with E-state index in [1.807, 2.05) is 6.92 Å².